The number of rotatable bonds is 8. The molecule has 1 aliphatic heterocycles. The first-order valence-corrected chi connectivity index (χ1v) is 14.0. The highest BCUT2D eigenvalue weighted by atomic mass is 32.2. The van der Waals surface area contributed by atoms with Crippen LogP contribution >= 0.6 is 11.3 Å². The Hall–Kier alpha value is -3.22. The van der Waals surface area contributed by atoms with Gasteiger partial charge in [0.05, 0.1) is 35.9 Å². The molecule has 1 fully saturated rings. The summed E-state index contributed by atoms with van der Waals surface area (Å²) in [6.45, 7) is 1.47. The summed E-state index contributed by atoms with van der Waals surface area (Å²) in [5, 5.41) is 6.18. The van der Waals surface area contributed by atoms with E-state index in [0.29, 0.717) is 58.5 Å². The second kappa shape index (κ2) is 10.8. The number of anilines is 2. The maximum atomic E-state index is 12.8. The fourth-order valence-electron chi connectivity index (χ4n) is 4.07. The number of nitrogens with zero attached hydrogens (tertiary/aromatic N) is 2. The minimum Gasteiger partial charge on any atom is -0.493 e. The van der Waals surface area contributed by atoms with Crippen molar-refractivity contribution in [3.63, 3.8) is 0 Å². The Kier molecular flexibility index (Phi) is 7.76. The summed E-state index contributed by atoms with van der Waals surface area (Å²) in [4.78, 5) is 31.9. The second-order valence-corrected chi connectivity index (χ2v) is 11.6. The van der Waals surface area contributed by atoms with Crippen LogP contribution in [0.25, 0.3) is 10.2 Å². The molecule has 36 heavy (non-hydrogen) atoms. The average molecular weight is 533 g/mol. The third-order valence-corrected chi connectivity index (χ3v) is 8.05. The molecule has 1 aromatic heterocycles. The second-order valence-electron chi connectivity index (χ2n) is 8.58. The summed E-state index contributed by atoms with van der Waals surface area (Å²) < 4.78 is 34.7. The Morgan fingerprint density at radius 3 is 2.44 bits per heavy atom. The molecular formula is C24H28N4O6S2. The quantitative estimate of drug-likeness (QED) is 0.453. The number of aromatic nitrogens is 1. The molecule has 1 saturated heterocycles. The summed E-state index contributed by atoms with van der Waals surface area (Å²) in [6.07, 6.45) is 2.40. The summed E-state index contributed by atoms with van der Waals surface area (Å²) in [7, 11) is -0.227. The van der Waals surface area contributed by atoms with Crippen LogP contribution < -0.4 is 20.1 Å². The van der Waals surface area contributed by atoms with Crippen molar-refractivity contribution in [3.05, 3.63) is 36.4 Å². The Balaban J connectivity index is 1.28. The minimum atomic E-state index is -3.32. The number of hydrogen-bond acceptors (Lipinski definition) is 9. The first-order chi connectivity index (χ1) is 17.2. The zero-order valence-electron chi connectivity index (χ0n) is 20.2. The fourth-order valence-corrected chi connectivity index (χ4v) is 5.70. The molecule has 1 aliphatic rings. The number of likely N-dealkylation sites (tertiary alicyclic amines) is 1. The van der Waals surface area contributed by atoms with Gasteiger partial charge in [0.1, 0.15) is 0 Å². The van der Waals surface area contributed by atoms with Gasteiger partial charge in [0.15, 0.2) is 26.5 Å². The third-order valence-electron chi connectivity index (χ3n) is 6.01. The van der Waals surface area contributed by atoms with E-state index in [4.69, 9.17) is 9.47 Å². The van der Waals surface area contributed by atoms with Crippen molar-refractivity contribution in [2.75, 3.05) is 50.7 Å². The first-order valence-electron chi connectivity index (χ1n) is 11.3. The van der Waals surface area contributed by atoms with Crippen LogP contribution in [-0.4, -0.2) is 70.2 Å². The third kappa shape index (κ3) is 6.12. The molecule has 2 N–H and O–H groups in total. The van der Waals surface area contributed by atoms with Gasteiger partial charge >= 0.3 is 0 Å². The summed E-state index contributed by atoms with van der Waals surface area (Å²) >= 11 is 1.25. The molecule has 2 heterocycles. The van der Waals surface area contributed by atoms with E-state index in [-0.39, 0.29) is 29.2 Å². The minimum absolute atomic E-state index is 0.119. The predicted molar refractivity (Wildman–Crippen MR) is 139 cm³/mol. The number of carbonyl (C=O) groups is 2. The molecule has 0 unspecified atom stereocenters. The molecule has 12 heteroatoms. The molecule has 2 aromatic carbocycles. The van der Waals surface area contributed by atoms with E-state index in [1.807, 2.05) is 4.90 Å². The van der Waals surface area contributed by atoms with E-state index in [0.717, 1.165) is 6.26 Å². The summed E-state index contributed by atoms with van der Waals surface area (Å²) in [5.74, 6) is 0.667. The van der Waals surface area contributed by atoms with Crippen molar-refractivity contribution in [1.29, 1.82) is 0 Å². The topological polar surface area (TPSA) is 127 Å². The number of carbonyl (C=O) groups excluding carboxylic acids is 2. The lowest BCUT2D eigenvalue weighted by Gasteiger charge is -2.30. The van der Waals surface area contributed by atoms with Gasteiger partial charge in [0.25, 0.3) is 0 Å². The number of ether oxygens (including phenoxy) is 2. The number of sulfone groups is 1. The van der Waals surface area contributed by atoms with Gasteiger partial charge in [-0.2, -0.15) is 0 Å². The predicted octanol–water partition coefficient (Wildman–Crippen LogP) is 3.01. The van der Waals surface area contributed by atoms with E-state index in [1.54, 1.807) is 37.4 Å². The first kappa shape index (κ1) is 25.9. The van der Waals surface area contributed by atoms with Gasteiger partial charge in [0, 0.05) is 23.9 Å². The molecule has 4 rings (SSSR count). The highest BCUT2D eigenvalue weighted by Crippen LogP contribution is 2.31. The van der Waals surface area contributed by atoms with Crippen LogP contribution in [0.4, 0.5) is 10.8 Å². The van der Waals surface area contributed by atoms with Gasteiger partial charge in [-0.3, -0.25) is 14.5 Å². The highest BCUT2D eigenvalue weighted by molar-refractivity contribution is 7.90. The lowest BCUT2D eigenvalue weighted by Crippen LogP contribution is -2.41. The van der Waals surface area contributed by atoms with E-state index >= 15 is 0 Å². The van der Waals surface area contributed by atoms with Crippen LogP contribution in [0.5, 0.6) is 11.5 Å². The number of benzene rings is 2. The van der Waals surface area contributed by atoms with Gasteiger partial charge in [-0.05, 0) is 56.3 Å². The van der Waals surface area contributed by atoms with Gasteiger partial charge in [-0.25, -0.2) is 13.4 Å². The number of hydrogen-bond donors (Lipinski definition) is 2. The molecule has 0 atom stereocenters. The maximum Gasteiger partial charge on any atom is 0.238 e. The number of thiazole rings is 1. The fraction of sp³-hybridized carbons (Fsp3) is 0.375. The standard InChI is InChI=1S/C24H28N4O6S2/c1-33-19-7-4-16(12-20(19)34-2)25-22(29)14-28-10-8-15(9-11-28)23(30)27-24-26-18-6-5-17(36(3,31)32)13-21(18)35-24/h4-7,12-13,15H,8-11,14H2,1-3H3,(H,25,29)(H,26,27,30). The molecule has 0 radical (unpaired) electrons. The Morgan fingerprint density at radius 1 is 1.06 bits per heavy atom. The van der Waals surface area contributed by atoms with E-state index < -0.39 is 9.84 Å². The van der Waals surface area contributed by atoms with E-state index in [2.05, 4.69) is 15.6 Å². The molecule has 0 saturated carbocycles. The van der Waals surface area contributed by atoms with Crippen LogP contribution in [-0.2, 0) is 19.4 Å². The van der Waals surface area contributed by atoms with Crippen molar-refractivity contribution in [2.45, 2.75) is 17.7 Å². The zero-order chi connectivity index (χ0) is 25.9. The number of piperidine rings is 1. The van der Waals surface area contributed by atoms with Crippen molar-refractivity contribution in [1.82, 2.24) is 9.88 Å². The normalized spacial score (nSPS) is 15.0. The van der Waals surface area contributed by atoms with E-state index in [9.17, 15) is 18.0 Å². The van der Waals surface area contributed by atoms with Crippen LogP contribution in [0.3, 0.4) is 0 Å². The molecule has 192 valence electrons. The SMILES string of the molecule is COc1ccc(NC(=O)CN2CCC(C(=O)Nc3nc4ccc(S(C)(=O)=O)cc4s3)CC2)cc1OC. The van der Waals surface area contributed by atoms with Crippen molar-refractivity contribution in [2.24, 2.45) is 5.92 Å². The molecule has 2 amide bonds. The number of nitrogens with one attached hydrogen (secondary N) is 2. The Labute approximate surface area is 213 Å². The number of amides is 2. The molecule has 0 aliphatic carbocycles. The van der Waals surface area contributed by atoms with Crippen LogP contribution in [0.2, 0.25) is 0 Å². The lowest BCUT2D eigenvalue weighted by molar-refractivity contribution is -0.121. The Morgan fingerprint density at radius 2 is 1.78 bits per heavy atom. The number of fused-ring (bicyclic) bond motifs is 1. The van der Waals surface area contributed by atoms with Crippen molar-refractivity contribution < 1.29 is 27.5 Å². The highest BCUT2D eigenvalue weighted by Gasteiger charge is 2.27. The molecule has 0 spiro atoms. The molecule has 0 bridgehead atoms. The van der Waals surface area contributed by atoms with Crippen LogP contribution in [0, 0.1) is 5.92 Å². The van der Waals surface area contributed by atoms with Crippen LogP contribution in [0.15, 0.2) is 41.3 Å². The van der Waals surface area contributed by atoms with E-state index in [1.165, 1.54) is 24.5 Å². The lowest BCUT2D eigenvalue weighted by atomic mass is 9.96. The maximum absolute atomic E-state index is 12.8. The zero-order valence-corrected chi connectivity index (χ0v) is 21.9. The van der Waals surface area contributed by atoms with Crippen molar-refractivity contribution in [3.8, 4) is 11.5 Å². The van der Waals surface area contributed by atoms with Crippen LogP contribution in [0.1, 0.15) is 12.8 Å². The van der Waals surface area contributed by atoms with Gasteiger partial charge in [-0.1, -0.05) is 11.3 Å². The van der Waals surface area contributed by atoms with Crippen molar-refractivity contribution >= 4 is 54.0 Å². The smallest absolute Gasteiger partial charge is 0.238 e. The van der Waals surface area contributed by atoms with Gasteiger partial charge < -0.3 is 20.1 Å². The largest absolute Gasteiger partial charge is 0.493 e. The Bertz CT molecular complexity index is 1380. The van der Waals surface area contributed by atoms with Gasteiger partial charge in [-0.15, -0.1) is 0 Å². The molecular weight excluding hydrogens is 504 g/mol. The molecule has 10 nitrogen and oxygen atoms in total. The average Bonchev–Trinajstić information content (AvgIpc) is 3.25. The molecule has 3 aromatic rings. The summed E-state index contributed by atoms with van der Waals surface area (Å²) in [5.41, 5.74) is 1.25. The summed E-state index contributed by atoms with van der Waals surface area (Å²) in [6, 6.07) is 9.92. The number of methoxy groups -OCH3 is 2. The monoisotopic (exact) mass is 532 g/mol. The van der Waals surface area contributed by atoms with Gasteiger partial charge in [0.2, 0.25) is 11.8 Å².